The third-order valence-electron chi connectivity index (χ3n) is 3.86. The van der Waals surface area contributed by atoms with Crippen molar-refractivity contribution in [3.05, 3.63) is 64.1 Å². The van der Waals surface area contributed by atoms with Crippen molar-refractivity contribution in [2.24, 2.45) is 0 Å². The molecule has 0 spiro atoms. The van der Waals surface area contributed by atoms with Crippen LogP contribution >= 0.6 is 23.2 Å². The van der Waals surface area contributed by atoms with E-state index in [-0.39, 0.29) is 5.91 Å². The number of hydrogen-bond acceptors (Lipinski definition) is 2. The lowest BCUT2D eigenvalue weighted by molar-refractivity contribution is -0.117. The molecule has 0 aromatic heterocycles. The lowest BCUT2D eigenvalue weighted by atomic mass is 10.2. The first-order chi connectivity index (χ1) is 11.1. The monoisotopic (exact) mass is 348 g/mol. The first-order valence-electron chi connectivity index (χ1n) is 7.65. The lowest BCUT2D eigenvalue weighted by Crippen LogP contribution is -2.34. The molecule has 0 bridgehead atoms. The number of nitrogens with one attached hydrogen (secondary N) is 1. The van der Waals surface area contributed by atoms with Crippen molar-refractivity contribution < 1.29 is 4.79 Å². The summed E-state index contributed by atoms with van der Waals surface area (Å²) in [5.41, 5.74) is 1.77. The number of carbonyl (C=O) groups excluding carboxylic acids is 1. The number of carbonyl (C=O) groups is 1. The fraction of sp³-hybridized carbons (Fsp3) is 0.278. The number of hydrogen-bond donors (Lipinski definition) is 1. The zero-order valence-electron chi connectivity index (χ0n) is 12.6. The summed E-state index contributed by atoms with van der Waals surface area (Å²) in [7, 11) is 0. The van der Waals surface area contributed by atoms with E-state index in [4.69, 9.17) is 23.2 Å². The van der Waals surface area contributed by atoms with Gasteiger partial charge in [-0.15, -0.1) is 0 Å². The van der Waals surface area contributed by atoms with Gasteiger partial charge in [-0.05, 0) is 30.5 Å². The van der Waals surface area contributed by atoms with Crippen LogP contribution in [0.25, 0.3) is 0 Å². The van der Waals surface area contributed by atoms with Gasteiger partial charge in [0.2, 0.25) is 5.91 Å². The Morgan fingerprint density at radius 1 is 1.09 bits per heavy atom. The highest BCUT2D eigenvalue weighted by Crippen LogP contribution is 2.30. The normalized spacial score (nSPS) is 14.0. The topological polar surface area (TPSA) is 32.3 Å². The van der Waals surface area contributed by atoms with Gasteiger partial charge in [0.15, 0.2) is 0 Å². The highest BCUT2D eigenvalue weighted by atomic mass is 35.5. The highest BCUT2D eigenvalue weighted by molar-refractivity contribution is 6.43. The number of nitrogens with zero attached hydrogens (tertiary/aromatic N) is 1. The molecule has 5 heteroatoms. The van der Waals surface area contributed by atoms with Crippen LogP contribution in [0.15, 0.2) is 48.5 Å². The van der Waals surface area contributed by atoms with Gasteiger partial charge < -0.3 is 5.32 Å². The van der Waals surface area contributed by atoms with Crippen LogP contribution in [-0.2, 0) is 11.3 Å². The summed E-state index contributed by atoms with van der Waals surface area (Å²) in [6, 6.07) is 15.9. The molecule has 120 valence electrons. The van der Waals surface area contributed by atoms with E-state index < -0.39 is 0 Å². The summed E-state index contributed by atoms with van der Waals surface area (Å²) < 4.78 is 0. The van der Waals surface area contributed by atoms with Crippen LogP contribution in [0.2, 0.25) is 10.0 Å². The van der Waals surface area contributed by atoms with E-state index in [0.717, 1.165) is 19.4 Å². The molecule has 3 nitrogen and oxygen atoms in total. The van der Waals surface area contributed by atoms with Crippen molar-refractivity contribution in [3.8, 4) is 0 Å². The van der Waals surface area contributed by atoms with E-state index in [2.05, 4.69) is 22.3 Å². The SMILES string of the molecule is O=C(CN(Cc1ccccc1)C1CC1)Nc1cccc(Cl)c1Cl. The number of halogens is 2. The van der Waals surface area contributed by atoms with Crippen molar-refractivity contribution in [1.82, 2.24) is 4.90 Å². The van der Waals surface area contributed by atoms with Crippen molar-refractivity contribution in [2.75, 3.05) is 11.9 Å². The molecule has 23 heavy (non-hydrogen) atoms. The predicted molar refractivity (Wildman–Crippen MR) is 95.0 cm³/mol. The van der Waals surface area contributed by atoms with E-state index in [1.165, 1.54) is 5.56 Å². The minimum absolute atomic E-state index is 0.0722. The van der Waals surface area contributed by atoms with Crippen LogP contribution in [0.3, 0.4) is 0 Å². The Kier molecular flexibility index (Phi) is 5.21. The van der Waals surface area contributed by atoms with Gasteiger partial charge in [-0.2, -0.15) is 0 Å². The van der Waals surface area contributed by atoms with Crippen molar-refractivity contribution >= 4 is 34.8 Å². The fourth-order valence-corrected chi connectivity index (χ4v) is 2.89. The first kappa shape index (κ1) is 16.3. The zero-order chi connectivity index (χ0) is 16.2. The van der Waals surface area contributed by atoms with Crippen LogP contribution in [0.5, 0.6) is 0 Å². The van der Waals surface area contributed by atoms with Gasteiger partial charge in [-0.25, -0.2) is 0 Å². The molecule has 1 N–H and O–H groups in total. The van der Waals surface area contributed by atoms with E-state index in [0.29, 0.717) is 28.3 Å². The van der Waals surface area contributed by atoms with E-state index >= 15 is 0 Å². The predicted octanol–water partition coefficient (Wildman–Crippen LogP) is 4.60. The Labute approximate surface area is 146 Å². The molecule has 1 fully saturated rings. The Balaban J connectivity index is 1.63. The maximum absolute atomic E-state index is 12.4. The number of benzene rings is 2. The van der Waals surface area contributed by atoms with Crippen LogP contribution in [0.4, 0.5) is 5.69 Å². The summed E-state index contributed by atoms with van der Waals surface area (Å²) in [5.74, 6) is -0.0722. The minimum atomic E-state index is -0.0722. The second kappa shape index (κ2) is 7.35. The molecular weight excluding hydrogens is 331 g/mol. The van der Waals surface area contributed by atoms with Crippen molar-refractivity contribution in [2.45, 2.75) is 25.4 Å². The molecule has 1 saturated carbocycles. The molecule has 3 rings (SSSR count). The van der Waals surface area contributed by atoms with Crippen molar-refractivity contribution in [3.63, 3.8) is 0 Å². The molecule has 1 aliphatic carbocycles. The van der Waals surface area contributed by atoms with Crippen LogP contribution in [0, 0.1) is 0 Å². The minimum Gasteiger partial charge on any atom is -0.324 e. The van der Waals surface area contributed by atoms with Gasteiger partial charge in [-0.3, -0.25) is 9.69 Å². The Bertz CT molecular complexity index is 687. The molecule has 0 saturated heterocycles. The molecule has 2 aromatic rings. The second-order valence-corrected chi connectivity index (χ2v) is 6.56. The quantitative estimate of drug-likeness (QED) is 0.827. The maximum Gasteiger partial charge on any atom is 0.238 e. The second-order valence-electron chi connectivity index (χ2n) is 5.77. The van der Waals surface area contributed by atoms with Crippen LogP contribution < -0.4 is 5.32 Å². The van der Waals surface area contributed by atoms with Gasteiger partial charge in [0.05, 0.1) is 22.3 Å². The zero-order valence-corrected chi connectivity index (χ0v) is 14.1. The molecule has 1 aliphatic rings. The molecule has 0 aliphatic heterocycles. The van der Waals surface area contributed by atoms with Gasteiger partial charge in [0.1, 0.15) is 0 Å². The Morgan fingerprint density at radius 3 is 2.52 bits per heavy atom. The molecule has 0 heterocycles. The third-order valence-corrected chi connectivity index (χ3v) is 4.68. The smallest absolute Gasteiger partial charge is 0.238 e. The average molecular weight is 349 g/mol. The lowest BCUT2D eigenvalue weighted by Gasteiger charge is -2.21. The molecule has 0 radical (unpaired) electrons. The summed E-state index contributed by atoms with van der Waals surface area (Å²) in [4.78, 5) is 14.6. The van der Waals surface area contributed by atoms with E-state index in [9.17, 15) is 4.79 Å². The molecular formula is C18H18Cl2N2O. The van der Waals surface area contributed by atoms with E-state index in [1.807, 2.05) is 18.2 Å². The highest BCUT2D eigenvalue weighted by Gasteiger charge is 2.30. The largest absolute Gasteiger partial charge is 0.324 e. The van der Waals surface area contributed by atoms with Crippen LogP contribution in [0.1, 0.15) is 18.4 Å². The molecule has 2 aromatic carbocycles. The van der Waals surface area contributed by atoms with Gasteiger partial charge >= 0.3 is 0 Å². The van der Waals surface area contributed by atoms with Crippen molar-refractivity contribution in [1.29, 1.82) is 0 Å². The number of anilines is 1. The maximum atomic E-state index is 12.4. The molecule has 0 unspecified atom stereocenters. The summed E-state index contributed by atoms with van der Waals surface area (Å²) >= 11 is 12.1. The summed E-state index contributed by atoms with van der Waals surface area (Å²) in [6.45, 7) is 1.13. The standard InChI is InChI=1S/C18H18Cl2N2O/c19-15-7-4-8-16(18(15)20)21-17(23)12-22(14-9-10-14)11-13-5-2-1-3-6-13/h1-8,14H,9-12H2,(H,21,23). The van der Waals surface area contributed by atoms with Gasteiger partial charge in [0, 0.05) is 12.6 Å². The Morgan fingerprint density at radius 2 is 1.83 bits per heavy atom. The number of amides is 1. The van der Waals surface area contributed by atoms with E-state index in [1.54, 1.807) is 18.2 Å². The molecule has 1 amide bonds. The third kappa shape index (κ3) is 4.47. The molecule has 0 atom stereocenters. The number of rotatable bonds is 6. The summed E-state index contributed by atoms with van der Waals surface area (Å²) in [6.07, 6.45) is 2.30. The Hall–Kier alpha value is -1.55. The fourth-order valence-electron chi connectivity index (χ4n) is 2.55. The summed E-state index contributed by atoms with van der Waals surface area (Å²) in [5, 5.41) is 3.67. The average Bonchev–Trinajstić information content (AvgIpc) is 3.37. The van der Waals surface area contributed by atoms with Gasteiger partial charge in [0.25, 0.3) is 0 Å². The van der Waals surface area contributed by atoms with Gasteiger partial charge in [-0.1, -0.05) is 59.6 Å². The van der Waals surface area contributed by atoms with Crippen LogP contribution in [-0.4, -0.2) is 23.4 Å². The first-order valence-corrected chi connectivity index (χ1v) is 8.41.